The molecule has 30 heavy (non-hydrogen) atoms. The van der Waals surface area contributed by atoms with Gasteiger partial charge in [0.15, 0.2) is 15.7 Å². The van der Waals surface area contributed by atoms with Crippen LogP contribution in [0.5, 0.6) is 5.75 Å². The molecule has 0 aliphatic rings. The summed E-state index contributed by atoms with van der Waals surface area (Å²) in [4.78, 5) is 16.2. The quantitative estimate of drug-likeness (QED) is 0.534. The van der Waals surface area contributed by atoms with Gasteiger partial charge in [-0.25, -0.2) is 8.42 Å². The number of aromatic nitrogens is 2. The number of rotatable bonds is 9. The summed E-state index contributed by atoms with van der Waals surface area (Å²) in [6.45, 7) is 0.386. The van der Waals surface area contributed by atoms with Crippen LogP contribution in [-0.4, -0.2) is 31.6 Å². The average Bonchev–Trinajstić information content (AvgIpc) is 3.18. The largest absolute Gasteiger partial charge is 0.497 e. The van der Waals surface area contributed by atoms with E-state index in [1.54, 1.807) is 7.11 Å². The first-order chi connectivity index (χ1) is 14.4. The van der Waals surface area contributed by atoms with Crippen LogP contribution in [0.3, 0.4) is 0 Å². The normalized spacial score (nSPS) is 11.3. The molecule has 3 aromatic rings. The van der Waals surface area contributed by atoms with E-state index in [0.29, 0.717) is 11.6 Å². The van der Waals surface area contributed by atoms with E-state index in [-0.39, 0.29) is 35.4 Å². The van der Waals surface area contributed by atoms with Crippen LogP contribution in [0, 0.1) is 0 Å². The number of hydrogen-bond acceptors (Lipinski definition) is 7. The van der Waals surface area contributed by atoms with Crippen LogP contribution in [-0.2, 0) is 33.4 Å². The van der Waals surface area contributed by atoms with Gasteiger partial charge >= 0.3 is 0 Å². The van der Waals surface area contributed by atoms with Crippen LogP contribution in [0.25, 0.3) is 0 Å². The third-order valence-corrected chi connectivity index (χ3v) is 6.10. The van der Waals surface area contributed by atoms with Crippen molar-refractivity contribution in [1.82, 2.24) is 15.5 Å². The Balaban J connectivity index is 1.48. The highest BCUT2D eigenvalue weighted by molar-refractivity contribution is 7.90. The number of hydrogen-bond donors (Lipinski definition) is 1. The van der Waals surface area contributed by atoms with Crippen molar-refractivity contribution in [3.63, 3.8) is 0 Å². The predicted octanol–water partition coefficient (Wildman–Crippen LogP) is 2.95. The first-order valence-corrected chi connectivity index (χ1v) is 11.1. The number of benzene rings is 2. The summed E-state index contributed by atoms with van der Waals surface area (Å²) in [5.41, 5.74) is 0.941. The Morgan fingerprint density at radius 1 is 1.13 bits per heavy atom. The molecule has 0 saturated carbocycles. The Morgan fingerprint density at radius 3 is 2.50 bits per heavy atom. The van der Waals surface area contributed by atoms with E-state index in [4.69, 9.17) is 20.9 Å². The van der Waals surface area contributed by atoms with Crippen molar-refractivity contribution in [2.24, 2.45) is 0 Å². The van der Waals surface area contributed by atoms with Crippen LogP contribution < -0.4 is 10.1 Å². The Hall–Kier alpha value is -2.91. The summed E-state index contributed by atoms with van der Waals surface area (Å²) >= 11 is 5.78. The van der Waals surface area contributed by atoms with Gasteiger partial charge in [-0.1, -0.05) is 28.9 Å². The van der Waals surface area contributed by atoms with Crippen molar-refractivity contribution in [2.45, 2.75) is 30.0 Å². The molecule has 158 valence electrons. The van der Waals surface area contributed by atoms with Gasteiger partial charge < -0.3 is 14.6 Å². The number of amides is 1. The molecule has 1 heterocycles. The van der Waals surface area contributed by atoms with E-state index in [1.807, 2.05) is 24.3 Å². The fraction of sp³-hybridized carbons (Fsp3) is 0.250. The number of nitrogens with one attached hydrogen (secondary N) is 1. The minimum atomic E-state index is -3.62. The van der Waals surface area contributed by atoms with Crippen LogP contribution in [0.4, 0.5) is 0 Å². The Labute approximate surface area is 179 Å². The predicted molar refractivity (Wildman–Crippen MR) is 110 cm³/mol. The van der Waals surface area contributed by atoms with Gasteiger partial charge in [0.05, 0.1) is 12.0 Å². The molecule has 1 amide bonds. The fourth-order valence-electron chi connectivity index (χ4n) is 2.60. The van der Waals surface area contributed by atoms with E-state index >= 15 is 0 Å². The molecule has 0 spiro atoms. The number of carbonyl (C=O) groups is 1. The summed E-state index contributed by atoms with van der Waals surface area (Å²) < 4.78 is 35.0. The third-order valence-electron chi connectivity index (χ3n) is 4.22. The highest BCUT2D eigenvalue weighted by Crippen LogP contribution is 2.18. The zero-order chi connectivity index (χ0) is 21.6. The highest BCUT2D eigenvalue weighted by Gasteiger charge is 2.19. The second-order valence-electron chi connectivity index (χ2n) is 6.44. The van der Waals surface area contributed by atoms with E-state index < -0.39 is 15.6 Å². The summed E-state index contributed by atoms with van der Waals surface area (Å²) in [5.74, 6) is 0.408. The van der Waals surface area contributed by atoms with Crippen molar-refractivity contribution < 1.29 is 22.5 Å². The van der Waals surface area contributed by atoms with E-state index in [9.17, 15) is 13.2 Å². The topological polar surface area (TPSA) is 111 Å². The molecule has 8 nitrogen and oxygen atoms in total. The van der Waals surface area contributed by atoms with Crippen LogP contribution in [0.2, 0.25) is 5.02 Å². The van der Waals surface area contributed by atoms with Crippen molar-refractivity contribution in [3.8, 4) is 5.75 Å². The number of aryl methyl sites for hydroxylation is 1. The second-order valence-corrected chi connectivity index (χ2v) is 8.87. The minimum absolute atomic E-state index is 0.0404. The van der Waals surface area contributed by atoms with Gasteiger partial charge in [0.1, 0.15) is 11.5 Å². The van der Waals surface area contributed by atoms with Crippen LogP contribution in [0.15, 0.2) is 57.9 Å². The lowest BCUT2D eigenvalue weighted by molar-refractivity contribution is -0.121. The molecule has 0 radical (unpaired) electrons. The SMILES string of the molecule is COc1ccc(CNC(=O)CCc2nc(CS(=O)(=O)c3ccc(Cl)cc3)no2)cc1. The molecular weight excluding hydrogens is 430 g/mol. The minimum Gasteiger partial charge on any atom is -0.497 e. The standard InChI is InChI=1S/C20H20ClN3O5S/c1-28-16-6-2-14(3-7-16)12-22-19(25)10-11-20-23-18(24-29-20)13-30(26,27)17-8-4-15(21)5-9-17/h2-9H,10-13H2,1H3,(H,22,25). The average molecular weight is 450 g/mol. The molecule has 0 aliphatic carbocycles. The maximum atomic E-state index is 12.4. The number of carbonyl (C=O) groups excluding carboxylic acids is 1. The number of sulfone groups is 1. The molecule has 0 aliphatic heterocycles. The van der Waals surface area contributed by atoms with Gasteiger partial charge in [0.25, 0.3) is 0 Å². The summed E-state index contributed by atoms with van der Waals surface area (Å²) in [5, 5.41) is 6.94. The fourth-order valence-corrected chi connectivity index (χ4v) is 3.90. The zero-order valence-electron chi connectivity index (χ0n) is 16.2. The summed E-state index contributed by atoms with van der Waals surface area (Å²) in [7, 11) is -2.03. The van der Waals surface area contributed by atoms with E-state index in [1.165, 1.54) is 24.3 Å². The molecule has 10 heteroatoms. The van der Waals surface area contributed by atoms with E-state index in [0.717, 1.165) is 11.3 Å². The maximum Gasteiger partial charge on any atom is 0.227 e. The second kappa shape index (κ2) is 9.73. The first kappa shape index (κ1) is 21.8. The number of halogens is 1. The van der Waals surface area contributed by atoms with Crippen molar-refractivity contribution in [3.05, 3.63) is 70.8 Å². The van der Waals surface area contributed by atoms with Crippen molar-refractivity contribution in [1.29, 1.82) is 0 Å². The molecule has 1 aromatic heterocycles. The van der Waals surface area contributed by atoms with Gasteiger partial charge in [0, 0.05) is 24.4 Å². The Bertz CT molecular complexity index is 1100. The zero-order valence-corrected chi connectivity index (χ0v) is 17.7. The Kier molecular flexibility index (Phi) is 7.07. The number of ether oxygens (including phenoxy) is 1. The van der Waals surface area contributed by atoms with Crippen LogP contribution in [0.1, 0.15) is 23.7 Å². The maximum absolute atomic E-state index is 12.4. The summed E-state index contributed by atoms with van der Waals surface area (Å²) in [6.07, 6.45) is 0.351. The monoisotopic (exact) mass is 449 g/mol. The molecule has 0 bridgehead atoms. The lowest BCUT2D eigenvalue weighted by atomic mass is 10.2. The van der Waals surface area contributed by atoms with Crippen LogP contribution >= 0.6 is 11.6 Å². The van der Waals surface area contributed by atoms with Gasteiger partial charge in [-0.2, -0.15) is 4.98 Å². The third kappa shape index (κ3) is 6.04. The molecule has 0 fully saturated rings. The molecule has 1 N–H and O–H groups in total. The lowest BCUT2D eigenvalue weighted by Crippen LogP contribution is -2.23. The van der Waals surface area contributed by atoms with Gasteiger partial charge in [-0.15, -0.1) is 0 Å². The van der Waals surface area contributed by atoms with Crippen molar-refractivity contribution in [2.75, 3.05) is 7.11 Å². The first-order valence-electron chi connectivity index (χ1n) is 9.05. The van der Waals surface area contributed by atoms with Gasteiger partial charge in [-0.05, 0) is 42.0 Å². The molecule has 0 unspecified atom stereocenters. The van der Waals surface area contributed by atoms with Gasteiger partial charge in [0.2, 0.25) is 11.8 Å². The van der Waals surface area contributed by atoms with E-state index in [2.05, 4.69) is 15.5 Å². The number of nitrogens with zero attached hydrogens (tertiary/aromatic N) is 2. The summed E-state index contributed by atoms with van der Waals surface area (Å²) in [6, 6.07) is 13.2. The highest BCUT2D eigenvalue weighted by atomic mass is 35.5. The molecular formula is C20H20ClN3O5S. The molecule has 0 atom stereocenters. The van der Waals surface area contributed by atoms with Crippen molar-refractivity contribution >= 4 is 27.3 Å². The molecule has 3 rings (SSSR count). The van der Waals surface area contributed by atoms with Gasteiger partial charge in [-0.3, -0.25) is 4.79 Å². The number of methoxy groups -OCH3 is 1. The lowest BCUT2D eigenvalue weighted by Gasteiger charge is -2.05. The molecule has 0 saturated heterocycles. The Morgan fingerprint density at radius 2 is 1.83 bits per heavy atom. The molecule has 2 aromatic carbocycles. The smallest absolute Gasteiger partial charge is 0.227 e.